The Bertz CT molecular complexity index is 1260. The van der Waals surface area contributed by atoms with Crippen molar-refractivity contribution >= 4 is 22.9 Å². The van der Waals surface area contributed by atoms with Gasteiger partial charge in [-0.25, -0.2) is 4.98 Å². The van der Waals surface area contributed by atoms with E-state index in [1.165, 1.54) is 5.56 Å². The highest BCUT2D eigenvalue weighted by atomic mass is 16.5. The van der Waals surface area contributed by atoms with Crippen LogP contribution in [0.1, 0.15) is 30.7 Å². The monoisotopic (exact) mass is 472 g/mol. The third-order valence-electron chi connectivity index (χ3n) is 6.85. The van der Waals surface area contributed by atoms with Crippen molar-refractivity contribution in [2.24, 2.45) is 0 Å². The number of carbonyl (C=O) groups is 1. The summed E-state index contributed by atoms with van der Waals surface area (Å²) >= 11 is 0. The molecule has 35 heavy (non-hydrogen) atoms. The van der Waals surface area contributed by atoms with E-state index in [4.69, 9.17) is 9.72 Å². The fourth-order valence-electron chi connectivity index (χ4n) is 4.81. The van der Waals surface area contributed by atoms with Crippen LogP contribution in [0, 0.1) is 0 Å². The second-order valence-electron chi connectivity index (χ2n) is 9.26. The summed E-state index contributed by atoms with van der Waals surface area (Å²) in [5.74, 6) is 1.38. The molecule has 0 N–H and O–H groups in total. The Hall–Kier alpha value is -3.45. The number of rotatable bonds is 6. The predicted molar refractivity (Wildman–Crippen MR) is 138 cm³/mol. The molecule has 1 amide bonds. The molecule has 0 unspecified atom stereocenters. The van der Waals surface area contributed by atoms with Gasteiger partial charge in [-0.05, 0) is 36.6 Å². The van der Waals surface area contributed by atoms with Crippen LogP contribution in [-0.4, -0.2) is 64.6 Å². The van der Waals surface area contributed by atoms with E-state index in [0.29, 0.717) is 36.3 Å². The number of carbonyl (C=O) groups excluding carboxylic acids is 1. The van der Waals surface area contributed by atoms with E-state index in [1.54, 1.807) is 16.7 Å². The number of piperazine rings is 1. The largest absolute Gasteiger partial charge is 0.484 e. The first kappa shape index (κ1) is 23.3. The van der Waals surface area contributed by atoms with Crippen LogP contribution in [0.4, 0.5) is 0 Å². The normalized spacial score (nSPS) is 16.9. The molecule has 0 radical (unpaired) electrons. The number of fused-ring (bicyclic) bond motifs is 2. The molecular weight excluding hydrogens is 440 g/mol. The number of hydrogen-bond donors (Lipinski definition) is 0. The van der Waals surface area contributed by atoms with E-state index >= 15 is 0 Å². The van der Waals surface area contributed by atoms with E-state index in [0.717, 1.165) is 51.1 Å². The highest BCUT2D eigenvalue weighted by molar-refractivity contribution is 5.80. The Balaban J connectivity index is 1.14. The van der Waals surface area contributed by atoms with Crippen molar-refractivity contribution in [2.45, 2.75) is 32.2 Å². The van der Waals surface area contributed by atoms with Crippen LogP contribution in [0.15, 0.2) is 59.4 Å². The fraction of sp³-hybridized carbons (Fsp3) is 0.393. The van der Waals surface area contributed by atoms with Crippen LogP contribution < -0.4 is 10.3 Å². The average molecular weight is 473 g/mol. The summed E-state index contributed by atoms with van der Waals surface area (Å²) < 4.78 is 7.61. The van der Waals surface area contributed by atoms with Gasteiger partial charge in [0.05, 0.1) is 10.9 Å². The molecule has 7 nitrogen and oxygen atoms in total. The van der Waals surface area contributed by atoms with Crippen LogP contribution >= 0.6 is 0 Å². The average Bonchev–Trinajstić information content (AvgIpc) is 3.14. The molecule has 0 bridgehead atoms. The van der Waals surface area contributed by atoms with Gasteiger partial charge in [-0.2, -0.15) is 0 Å². The van der Waals surface area contributed by atoms with Crippen LogP contribution in [-0.2, 0) is 17.8 Å². The van der Waals surface area contributed by atoms with E-state index in [1.807, 2.05) is 29.2 Å². The Morgan fingerprint density at radius 1 is 0.971 bits per heavy atom. The first-order valence-electron chi connectivity index (χ1n) is 12.6. The maximum atomic E-state index is 13.0. The molecule has 2 aliphatic heterocycles. The molecule has 0 spiro atoms. The van der Waals surface area contributed by atoms with Crippen molar-refractivity contribution < 1.29 is 9.53 Å². The van der Waals surface area contributed by atoms with Gasteiger partial charge in [0.2, 0.25) is 0 Å². The second-order valence-corrected chi connectivity index (χ2v) is 9.26. The van der Waals surface area contributed by atoms with Crippen molar-refractivity contribution in [2.75, 3.05) is 39.3 Å². The van der Waals surface area contributed by atoms with Crippen LogP contribution in [0.25, 0.3) is 17.0 Å². The molecule has 2 aliphatic rings. The van der Waals surface area contributed by atoms with Gasteiger partial charge in [-0.1, -0.05) is 48.9 Å². The summed E-state index contributed by atoms with van der Waals surface area (Å²) in [4.78, 5) is 34.7. The summed E-state index contributed by atoms with van der Waals surface area (Å²) in [6.45, 7) is 4.63. The summed E-state index contributed by atoms with van der Waals surface area (Å²) in [5, 5.41) is 0.553. The molecule has 1 fully saturated rings. The Morgan fingerprint density at radius 3 is 2.63 bits per heavy atom. The minimum absolute atomic E-state index is 0.0129. The molecule has 2 aromatic carbocycles. The lowest BCUT2D eigenvalue weighted by molar-refractivity contribution is -0.135. The fourth-order valence-corrected chi connectivity index (χ4v) is 4.81. The lowest BCUT2D eigenvalue weighted by Gasteiger charge is -2.34. The Kier molecular flexibility index (Phi) is 7.23. The van der Waals surface area contributed by atoms with Crippen molar-refractivity contribution in [1.29, 1.82) is 0 Å². The van der Waals surface area contributed by atoms with Gasteiger partial charge in [0, 0.05) is 45.7 Å². The molecule has 3 aromatic rings. The second kappa shape index (κ2) is 10.9. The molecule has 5 rings (SSSR count). The topological polar surface area (TPSA) is 67.7 Å². The van der Waals surface area contributed by atoms with Crippen molar-refractivity contribution in [3.05, 3.63) is 76.3 Å². The van der Waals surface area contributed by atoms with E-state index in [-0.39, 0.29) is 18.1 Å². The molecular formula is C28H32N4O3. The SMILES string of the molecule is O=C(COc1ccc2nc3n(c(=O)c2c1)CCCCC3)N1CCN(C/C=C/c2ccccc2)CC1. The van der Waals surface area contributed by atoms with Gasteiger partial charge < -0.3 is 9.64 Å². The summed E-state index contributed by atoms with van der Waals surface area (Å²) in [6.07, 6.45) is 8.34. The number of benzene rings is 2. The molecule has 0 saturated carbocycles. The highest BCUT2D eigenvalue weighted by Gasteiger charge is 2.21. The van der Waals surface area contributed by atoms with Crippen molar-refractivity contribution in [1.82, 2.24) is 19.4 Å². The van der Waals surface area contributed by atoms with Gasteiger partial charge in [0.1, 0.15) is 11.6 Å². The van der Waals surface area contributed by atoms with Crippen LogP contribution in [0.3, 0.4) is 0 Å². The first-order valence-corrected chi connectivity index (χ1v) is 12.6. The van der Waals surface area contributed by atoms with Gasteiger partial charge in [-0.15, -0.1) is 0 Å². The summed E-state index contributed by atoms with van der Waals surface area (Å²) in [6, 6.07) is 15.6. The zero-order valence-corrected chi connectivity index (χ0v) is 20.1. The molecule has 182 valence electrons. The van der Waals surface area contributed by atoms with Crippen molar-refractivity contribution in [3.8, 4) is 5.75 Å². The molecule has 0 atom stereocenters. The predicted octanol–water partition coefficient (Wildman–Crippen LogP) is 3.36. The van der Waals surface area contributed by atoms with Gasteiger partial charge >= 0.3 is 0 Å². The van der Waals surface area contributed by atoms with E-state index in [9.17, 15) is 9.59 Å². The minimum Gasteiger partial charge on any atom is -0.484 e. The number of amides is 1. The maximum absolute atomic E-state index is 13.0. The minimum atomic E-state index is -0.0287. The summed E-state index contributed by atoms with van der Waals surface area (Å²) in [5.41, 5.74) is 1.88. The van der Waals surface area contributed by atoms with Gasteiger partial charge in [-0.3, -0.25) is 19.1 Å². The molecule has 3 heterocycles. The number of hydrogen-bond acceptors (Lipinski definition) is 5. The smallest absolute Gasteiger partial charge is 0.261 e. The van der Waals surface area contributed by atoms with Crippen LogP contribution in [0.5, 0.6) is 5.75 Å². The van der Waals surface area contributed by atoms with E-state index < -0.39 is 0 Å². The number of ether oxygens (including phenoxy) is 1. The third-order valence-corrected chi connectivity index (χ3v) is 6.85. The van der Waals surface area contributed by atoms with Gasteiger partial charge in [0.15, 0.2) is 6.61 Å². The van der Waals surface area contributed by atoms with Gasteiger partial charge in [0.25, 0.3) is 11.5 Å². The Morgan fingerprint density at radius 2 is 1.80 bits per heavy atom. The first-order chi connectivity index (χ1) is 17.2. The molecule has 1 aromatic heterocycles. The zero-order valence-electron chi connectivity index (χ0n) is 20.1. The maximum Gasteiger partial charge on any atom is 0.261 e. The molecule has 7 heteroatoms. The zero-order chi connectivity index (χ0) is 24.0. The lowest BCUT2D eigenvalue weighted by Crippen LogP contribution is -2.49. The summed E-state index contributed by atoms with van der Waals surface area (Å²) in [7, 11) is 0. The van der Waals surface area contributed by atoms with Crippen molar-refractivity contribution in [3.63, 3.8) is 0 Å². The van der Waals surface area contributed by atoms with E-state index in [2.05, 4.69) is 29.2 Å². The Labute approximate surface area is 205 Å². The third kappa shape index (κ3) is 5.62. The number of nitrogens with zero attached hydrogens (tertiary/aromatic N) is 4. The molecule has 1 saturated heterocycles. The lowest BCUT2D eigenvalue weighted by atomic mass is 10.2. The number of aromatic nitrogens is 2. The quantitative estimate of drug-likeness (QED) is 0.550. The molecule has 0 aliphatic carbocycles. The van der Waals surface area contributed by atoms with Crippen LogP contribution in [0.2, 0.25) is 0 Å². The highest BCUT2D eigenvalue weighted by Crippen LogP contribution is 2.20. The number of aryl methyl sites for hydroxylation is 1. The standard InChI is InChI=1S/C28H32N4O3/c33-27(31-18-16-30(17-19-31)14-7-10-22-8-3-1-4-9-22)21-35-23-12-13-25-24(20-23)28(34)32-15-6-2-5-11-26(32)29-25/h1,3-4,7-10,12-13,20H,2,5-6,11,14-19,21H2/b10-7+.